The number of halogens is 2. The number of aromatic nitrogens is 3. The summed E-state index contributed by atoms with van der Waals surface area (Å²) in [7, 11) is -2.02. The minimum Gasteiger partial charge on any atom is -0.558 e. The summed E-state index contributed by atoms with van der Waals surface area (Å²) in [5.41, 5.74) is 10.5. The molecule has 0 spiro atoms. The van der Waals surface area contributed by atoms with E-state index in [0.717, 1.165) is 27.7 Å². The number of nitrogen functional groups attached to an aromatic ring is 1. The van der Waals surface area contributed by atoms with Crippen LogP contribution in [0.3, 0.4) is 0 Å². The van der Waals surface area contributed by atoms with Crippen molar-refractivity contribution in [3.8, 4) is 11.1 Å². The lowest BCUT2D eigenvalue weighted by Crippen LogP contribution is -2.46. The molecule has 0 saturated carbocycles. The second-order valence-electron chi connectivity index (χ2n) is 9.81. The Labute approximate surface area is 198 Å². The molecule has 0 fully saturated rings. The van der Waals surface area contributed by atoms with Gasteiger partial charge in [-0.15, -0.1) is 18.1 Å². The average molecular weight is 494 g/mol. The molecule has 1 aromatic carbocycles. The molecule has 32 heavy (non-hydrogen) atoms. The molecule has 1 amide bonds. The Morgan fingerprint density at radius 1 is 1.31 bits per heavy atom. The van der Waals surface area contributed by atoms with E-state index in [1.54, 1.807) is 12.3 Å². The van der Waals surface area contributed by atoms with E-state index in [9.17, 15) is 4.79 Å². The van der Waals surface area contributed by atoms with Gasteiger partial charge in [-0.25, -0.2) is 0 Å². The smallest absolute Gasteiger partial charge is 0.245 e. The third-order valence-electron chi connectivity index (χ3n) is 6.80. The predicted molar refractivity (Wildman–Crippen MR) is 133 cm³/mol. The number of H-pyrrole nitrogens is 1. The van der Waals surface area contributed by atoms with E-state index >= 15 is 0 Å². The van der Waals surface area contributed by atoms with Gasteiger partial charge in [-0.05, 0) is 14.4 Å². The van der Waals surface area contributed by atoms with Gasteiger partial charge in [0.1, 0.15) is 0 Å². The number of fused-ring (bicyclic) bond motifs is 3. The summed E-state index contributed by atoms with van der Waals surface area (Å²) in [6.45, 7) is 12.5. The van der Waals surface area contributed by atoms with Crippen LogP contribution in [0.15, 0.2) is 18.5 Å². The van der Waals surface area contributed by atoms with Crippen molar-refractivity contribution in [3.05, 3.63) is 34.2 Å². The van der Waals surface area contributed by atoms with Gasteiger partial charge in [-0.3, -0.25) is 9.89 Å². The van der Waals surface area contributed by atoms with Gasteiger partial charge < -0.3 is 19.6 Å². The summed E-state index contributed by atoms with van der Waals surface area (Å²) in [5.74, 6) is -0.0124. The van der Waals surface area contributed by atoms with Gasteiger partial charge in [0.15, 0.2) is 0 Å². The second kappa shape index (κ2) is 8.09. The van der Waals surface area contributed by atoms with Crippen molar-refractivity contribution in [1.82, 2.24) is 19.7 Å². The first-order valence-electron chi connectivity index (χ1n) is 10.6. The highest BCUT2D eigenvalue weighted by Crippen LogP contribution is 2.45. The van der Waals surface area contributed by atoms with Crippen LogP contribution >= 0.6 is 23.2 Å². The van der Waals surface area contributed by atoms with Crippen LogP contribution in [-0.2, 0) is 22.3 Å². The van der Waals surface area contributed by atoms with E-state index in [0.29, 0.717) is 35.4 Å². The molecule has 4 rings (SSSR count). The monoisotopic (exact) mass is 493 g/mol. The maximum Gasteiger partial charge on any atom is 0.245 e. The number of nitrogens with two attached hydrogens (primary N) is 1. The Hall–Kier alpha value is -2.00. The van der Waals surface area contributed by atoms with Crippen LogP contribution in [-0.4, -0.2) is 47.0 Å². The fourth-order valence-corrected chi connectivity index (χ4v) is 5.29. The first-order chi connectivity index (χ1) is 14.9. The molecule has 0 bridgehead atoms. The molecule has 10 heteroatoms. The van der Waals surface area contributed by atoms with Crippen molar-refractivity contribution >= 4 is 54.0 Å². The van der Waals surface area contributed by atoms with Crippen molar-refractivity contribution in [1.29, 1.82) is 0 Å². The third-order valence-corrected chi connectivity index (χ3v) is 12.1. The normalized spacial score (nSPS) is 14.8. The SMILES string of the molecule is CC(C)(C)[Si-](C)(C)OCC(=O)N1CCn2c(c(-c3cn[nH]c3)c3c(N)cc(Cl)c(Cl)c32)C1. The average Bonchev–Trinajstić information content (AvgIpc) is 3.34. The Morgan fingerprint density at radius 3 is 2.66 bits per heavy atom. The molecule has 7 nitrogen and oxygen atoms in total. The highest BCUT2D eigenvalue weighted by atomic mass is 35.5. The zero-order chi connectivity index (χ0) is 23.4. The van der Waals surface area contributed by atoms with E-state index in [1.165, 1.54) is 0 Å². The zero-order valence-corrected chi connectivity index (χ0v) is 21.6. The molecule has 1 aliphatic rings. The van der Waals surface area contributed by atoms with Gasteiger partial charge in [-0.2, -0.15) is 5.10 Å². The molecule has 0 saturated heterocycles. The van der Waals surface area contributed by atoms with Crippen molar-refractivity contribution < 1.29 is 9.22 Å². The predicted octanol–water partition coefficient (Wildman–Crippen LogP) is 5.28. The van der Waals surface area contributed by atoms with Gasteiger partial charge >= 0.3 is 0 Å². The van der Waals surface area contributed by atoms with E-state index in [2.05, 4.69) is 48.6 Å². The quantitative estimate of drug-likeness (QED) is 0.381. The van der Waals surface area contributed by atoms with Crippen molar-refractivity contribution in [2.24, 2.45) is 0 Å². The van der Waals surface area contributed by atoms with Crippen LogP contribution in [0.25, 0.3) is 22.0 Å². The molecular weight excluding hydrogens is 465 g/mol. The number of aromatic amines is 1. The van der Waals surface area contributed by atoms with Gasteiger partial charge in [-0.1, -0.05) is 44.0 Å². The van der Waals surface area contributed by atoms with Gasteiger partial charge in [0, 0.05) is 47.2 Å². The molecule has 173 valence electrons. The molecule has 0 unspecified atom stereocenters. The Kier molecular flexibility index (Phi) is 5.86. The number of anilines is 1. The highest BCUT2D eigenvalue weighted by molar-refractivity contribution is 6.74. The number of hydrogen-bond donors (Lipinski definition) is 2. The molecule has 0 aliphatic carbocycles. The largest absolute Gasteiger partial charge is 0.558 e. The summed E-state index contributed by atoms with van der Waals surface area (Å²) in [4.78, 5) is 14.9. The highest BCUT2D eigenvalue weighted by Gasteiger charge is 2.31. The lowest BCUT2D eigenvalue weighted by atomic mass is 10.0. The van der Waals surface area contributed by atoms with E-state index in [4.69, 9.17) is 33.4 Å². The maximum atomic E-state index is 13.1. The van der Waals surface area contributed by atoms with E-state index in [-0.39, 0.29) is 17.6 Å². The number of amides is 1. The summed E-state index contributed by atoms with van der Waals surface area (Å²) < 4.78 is 8.31. The molecule has 0 radical (unpaired) electrons. The van der Waals surface area contributed by atoms with E-state index < -0.39 is 8.32 Å². The molecule has 3 N–H and O–H groups in total. The number of nitrogens with one attached hydrogen (secondary N) is 1. The topological polar surface area (TPSA) is 89.2 Å². The minimum absolute atomic E-state index is 0.0124. The molecular formula is C22H29Cl2N5O2Si-. The first-order valence-corrected chi connectivity index (χ1v) is 14.3. The van der Waals surface area contributed by atoms with Crippen LogP contribution < -0.4 is 5.73 Å². The summed E-state index contributed by atoms with van der Waals surface area (Å²) in [6.07, 6.45) is 3.57. The molecule has 0 atom stereocenters. The van der Waals surface area contributed by atoms with Gasteiger partial charge in [0.05, 0.1) is 34.9 Å². The van der Waals surface area contributed by atoms with E-state index in [1.807, 2.05) is 11.1 Å². The summed E-state index contributed by atoms with van der Waals surface area (Å²) in [6, 6.07) is 1.68. The fraction of sp³-hybridized carbons (Fsp3) is 0.455. The first kappa shape index (κ1) is 23.2. The van der Waals surface area contributed by atoms with Crippen LogP contribution in [0.4, 0.5) is 5.69 Å². The molecule has 3 aromatic rings. The number of carbonyl (C=O) groups excluding carboxylic acids is 1. The standard InChI is InChI=1S/C22H29Cl2N5O2Si/c1-22(2,3)32(4,5)31-12-17(30)28-6-7-29-16(11-28)18(13-9-26-27-10-13)19-15(25)8-14(23)20(24)21(19)29/h8-10H,6-7,11-12,25H2,1-5H3,(H,26,27)/q-1. The summed E-state index contributed by atoms with van der Waals surface area (Å²) >= 11 is 13.0. The number of benzene rings is 1. The van der Waals surface area contributed by atoms with Crippen molar-refractivity contribution in [3.63, 3.8) is 0 Å². The Morgan fingerprint density at radius 2 is 2.03 bits per heavy atom. The minimum atomic E-state index is -2.02. The zero-order valence-electron chi connectivity index (χ0n) is 19.1. The third kappa shape index (κ3) is 3.83. The number of carbonyl (C=O) groups is 1. The lowest BCUT2D eigenvalue weighted by molar-refractivity contribution is -0.135. The van der Waals surface area contributed by atoms with Crippen molar-refractivity contribution in [2.75, 3.05) is 18.9 Å². The van der Waals surface area contributed by atoms with Crippen LogP contribution in [0, 0.1) is 0 Å². The fourth-order valence-electron chi connectivity index (χ4n) is 3.92. The van der Waals surface area contributed by atoms with Crippen LogP contribution in [0.2, 0.25) is 28.2 Å². The van der Waals surface area contributed by atoms with Gasteiger partial charge in [0.25, 0.3) is 0 Å². The number of hydrogen-bond acceptors (Lipinski definition) is 4. The van der Waals surface area contributed by atoms with Crippen molar-refractivity contribution in [2.45, 2.75) is 52.0 Å². The van der Waals surface area contributed by atoms with Gasteiger partial charge in [0.2, 0.25) is 5.91 Å². The molecule has 3 heterocycles. The van der Waals surface area contributed by atoms with Crippen LogP contribution in [0.1, 0.15) is 26.5 Å². The maximum absolute atomic E-state index is 13.1. The van der Waals surface area contributed by atoms with Crippen LogP contribution in [0.5, 0.6) is 0 Å². The second-order valence-corrected chi connectivity index (χ2v) is 15.4. The summed E-state index contributed by atoms with van der Waals surface area (Å²) in [5, 5.41) is 8.73. The number of nitrogens with zero attached hydrogens (tertiary/aromatic N) is 3. The Balaban J connectivity index is 1.72. The lowest BCUT2D eigenvalue weighted by Gasteiger charge is -2.48. The molecule has 1 aliphatic heterocycles. The Bertz CT molecular complexity index is 1180. The number of rotatable bonds is 4. The molecule has 2 aromatic heterocycles.